The van der Waals surface area contributed by atoms with E-state index < -0.39 is 0 Å². The van der Waals surface area contributed by atoms with Gasteiger partial charge in [0.1, 0.15) is 5.82 Å². The van der Waals surface area contributed by atoms with Gasteiger partial charge in [0.05, 0.1) is 4.70 Å². The second-order valence-corrected chi connectivity index (χ2v) is 5.57. The summed E-state index contributed by atoms with van der Waals surface area (Å²) in [6.45, 7) is 4.01. The molecule has 2 aromatic rings. The Bertz CT molecular complexity index is 598. The zero-order valence-electron chi connectivity index (χ0n) is 9.72. The van der Waals surface area contributed by atoms with Crippen molar-refractivity contribution >= 4 is 27.0 Å². The smallest absolute Gasteiger partial charge is 0.141 e. The van der Waals surface area contributed by atoms with E-state index in [0.29, 0.717) is 0 Å². The highest BCUT2D eigenvalue weighted by Crippen LogP contribution is 2.37. The minimum absolute atomic E-state index is 0.105. The molecule has 17 heavy (non-hydrogen) atoms. The van der Waals surface area contributed by atoms with Gasteiger partial charge in [0.25, 0.3) is 0 Å². The number of nitrogens with one attached hydrogen (secondary N) is 1. The lowest BCUT2D eigenvalue weighted by Gasteiger charge is -2.14. The molecule has 0 bridgehead atoms. The molecule has 2 heterocycles. The lowest BCUT2D eigenvalue weighted by Crippen LogP contribution is -2.21. The van der Waals surface area contributed by atoms with Crippen LogP contribution in [0.15, 0.2) is 24.3 Å². The molecule has 1 aromatic heterocycles. The third kappa shape index (κ3) is 1.79. The van der Waals surface area contributed by atoms with Crippen LogP contribution in [-0.2, 0) is 0 Å². The Morgan fingerprint density at radius 3 is 3.00 bits per heavy atom. The number of benzene rings is 1. The van der Waals surface area contributed by atoms with Crippen LogP contribution >= 0.6 is 11.3 Å². The molecule has 0 fully saturated rings. The standard InChI is InChI=1S/C14H14FNS/c1-9-13(10-4-3-7-16-8-10)11-5-2-6-12(15)14(11)17-9/h2,4-6,16H,3,7-8H2,1H3. The van der Waals surface area contributed by atoms with Crippen LogP contribution in [0.5, 0.6) is 0 Å². The maximum absolute atomic E-state index is 13.7. The predicted molar refractivity (Wildman–Crippen MR) is 72.0 cm³/mol. The van der Waals surface area contributed by atoms with Gasteiger partial charge in [-0.2, -0.15) is 0 Å². The largest absolute Gasteiger partial charge is 0.312 e. The predicted octanol–water partition coefficient (Wildman–Crippen LogP) is 3.73. The van der Waals surface area contributed by atoms with Gasteiger partial charge in [0.15, 0.2) is 0 Å². The summed E-state index contributed by atoms with van der Waals surface area (Å²) in [5, 5.41) is 4.43. The Hall–Kier alpha value is -1.19. The van der Waals surface area contributed by atoms with Crippen LogP contribution in [0.25, 0.3) is 15.7 Å². The lowest BCUT2D eigenvalue weighted by molar-refractivity contribution is 0.641. The highest BCUT2D eigenvalue weighted by atomic mass is 32.1. The second-order valence-electron chi connectivity index (χ2n) is 4.34. The van der Waals surface area contributed by atoms with Crippen LogP contribution in [0.1, 0.15) is 16.9 Å². The van der Waals surface area contributed by atoms with Crippen molar-refractivity contribution in [2.24, 2.45) is 0 Å². The van der Waals surface area contributed by atoms with Crippen LogP contribution in [-0.4, -0.2) is 13.1 Å². The van der Waals surface area contributed by atoms with Gasteiger partial charge in [-0.1, -0.05) is 18.2 Å². The topological polar surface area (TPSA) is 12.0 Å². The summed E-state index contributed by atoms with van der Waals surface area (Å²) in [6, 6.07) is 5.35. The molecule has 0 amide bonds. The summed E-state index contributed by atoms with van der Waals surface area (Å²) in [6.07, 6.45) is 3.33. The lowest BCUT2D eigenvalue weighted by atomic mass is 9.99. The summed E-state index contributed by atoms with van der Waals surface area (Å²) >= 11 is 1.56. The molecule has 3 heteroatoms. The van der Waals surface area contributed by atoms with Crippen molar-refractivity contribution in [1.29, 1.82) is 0 Å². The molecule has 0 radical (unpaired) electrons. The normalized spacial score (nSPS) is 16.2. The Morgan fingerprint density at radius 2 is 2.24 bits per heavy atom. The van der Waals surface area contributed by atoms with E-state index in [0.717, 1.165) is 29.6 Å². The molecule has 3 rings (SSSR count). The Balaban J connectivity index is 2.25. The molecule has 1 aliphatic rings. The average molecular weight is 247 g/mol. The molecule has 88 valence electrons. The van der Waals surface area contributed by atoms with Crippen LogP contribution in [0.4, 0.5) is 4.39 Å². The van der Waals surface area contributed by atoms with Crippen molar-refractivity contribution in [2.45, 2.75) is 13.3 Å². The SMILES string of the molecule is Cc1sc2c(F)cccc2c1C1=CCCNC1. The fourth-order valence-corrected chi connectivity index (χ4v) is 3.53. The van der Waals surface area contributed by atoms with E-state index in [2.05, 4.69) is 18.3 Å². The van der Waals surface area contributed by atoms with Gasteiger partial charge < -0.3 is 5.32 Å². The van der Waals surface area contributed by atoms with Crippen LogP contribution < -0.4 is 5.32 Å². The maximum Gasteiger partial charge on any atom is 0.141 e. The Kier molecular flexibility index (Phi) is 2.73. The van der Waals surface area contributed by atoms with Gasteiger partial charge in [-0.3, -0.25) is 0 Å². The van der Waals surface area contributed by atoms with E-state index >= 15 is 0 Å². The fourth-order valence-electron chi connectivity index (χ4n) is 2.44. The number of hydrogen-bond donors (Lipinski definition) is 1. The first-order chi connectivity index (χ1) is 8.27. The summed E-state index contributed by atoms with van der Waals surface area (Å²) in [7, 11) is 0. The first-order valence-corrected chi connectivity index (χ1v) is 6.67. The van der Waals surface area contributed by atoms with Crippen LogP contribution in [0, 0.1) is 12.7 Å². The van der Waals surface area contributed by atoms with Crippen molar-refractivity contribution in [3.8, 4) is 0 Å². The highest BCUT2D eigenvalue weighted by molar-refractivity contribution is 7.19. The fraction of sp³-hybridized carbons (Fsp3) is 0.286. The molecule has 0 unspecified atom stereocenters. The van der Waals surface area contributed by atoms with Gasteiger partial charge in [0.2, 0.25) is 0 Å². The van der Waals surface area contributed by atoms with Gasteiger partial charge in [-0.05, 0) is 31.5 Å². The second kappa shape index (κ2) is 4.24. The molecular weight excluding hydrogens is 233 g/mol. The molecule has 0 aliphatic carbocycles. The zero-order chi connectivity index (χ0) is 11.8. The van der Waals surface area contributed by atoms with Crippen molar-refractivity contribution in [3.05, 3.63) is 40.5 Å². The van der Waals surface area contributed by atoms with Crippen LogP contribution in [0.3, 0.4) is 0 Å². The van der Waals surface area contributed by atoms with Crippen molar-refractivity contribution in [2.75, 3.05) is 13.1 Å². The van der Waals surface area contributed by atoms with E-state index in [1.54, 1.807) is 17.4 Å². The molecule has 1 aromatic carbocycles. The van der Waals surface area contributed by atoms with Gasteiger partial charge in [-0.25, -0.2) is 4.39 Å². The van der Waals surface area contributed by atoms with E-state index in [-0.39, 0.29) is 5.82 Å². The van der Waals surface area contributed by atoms with Gasteiger partial charge >= 0.3 is 0 Å². The molecule has 1 N–H and O–H groups in total. The minimum atomic E-state index is -0.105. The summed E-state index contributed by atoms with van der Waals surface area (Å²) in [4.78, 5) is 1.21. The molecule has 0 spiro atoms. The minimum Gasteiger partial charge on any atom is -0.312 e. The zero-order valence-corrected chi connectivity index (χ0v) is 10.5. The third-order valence-corrected chi connectivity index (χ3v) is 4.32. The molecule has 0 atom stereocenters. The third-order valence-electron chi connectivity index (χ3n) is 3.19. The van der Waals surface area contributed by atoms with E-state index in [4.69, 9.17) is 0 Å². The molecule has 0 saturated carbocycles. The quantitative estimate of drug-likeness (QED) is 0.809. The summed E-state index contributed by atoms with van der Waals surface area (Å²) < 4.78 is 14.5. The average Bonchev–Trinajstić information content (AvgIpc) is 2.68. The van der Waals surface area contributed by atoms with Crippen LogP contribution in [0.2, 0.25) is 0 Å². The number of thiophene rings is 1. The first-order valence-electron chi connectivity index (χ1n) is 5.85. The van der Waals surface area contributed by atoms with E-state index in [1.807, 2.05) is 6.07 Å². The van der Waals surface area contributed by atoms with E-state index in [1.165, 1.54) is 22.1 Å². The summed E-state index contributed by atoms with van der Waals surface area (Å²) in [5.74, 6) is -0.105. The highest BCUT2D eigenvalue weighted by Gasteiger charge is 2.16. The molecule has 1 aliphatic heterocycles. The van der Waals surface area contributed by atoms with E-state index in [9.17, 15) is 4.39 Å². The molecule has 1 nitrogen and oxygen atoms in total. The van der Waals surface area contributed by atoms with Gasteiger partial charge in [-0.15, -0.1) is 11.3 Å². The van der Waals surface area contributed by atoms with Crippen molar-refractivity contribution < 1.29 is 4.39 Å². The monoisotopic (exact) mass is 247 g/mol. The number of fused-ring (bicyclic) bond motifs is 1. The summed E-state index contributed by atoms with van der Waals surface area (Å²) in [5.41, 5.74) is 2.54. The number of hydrogen-bond acceptors (Lipinski definition) is 2. The Morgan fingerprint density at radius 1 is 1.35 bits per heavy atom. The number of aryl methyl sites for hydroxylation is 1. The Labute approximate surface area is 104 Å². The molecule has 0 saturated heterocycles. The van der Waals surface area contributed by atoms with Gasteiger partial charge in [0, 0.05) is 22.4 Å². The first kappa shape index (κ1) is 10.9. The molecular formula is C14H14FNS. The number of rotatable bonds is 1. The number of halogens is 1. The maximum atomic E-state index is 13.7. The van der Waals surface area contributed by atoms with Crippen molar-refractivity contribution in [1.82, 2.24) is 5.32 Å². The van der Waals surface area contributed by atoms with Crippen molar-refractivity contribution in [3.63, 3.8) is 0 Å².